The zero-order valence-electron chi connectivity index (χ0n) is 17.3. The Hall–Kier alpha value is -2.78. The SMILES string of the molecule is O=C1OC(CO)C2CCc3cc(OCC[C@H](OCc4ccccc4)C(F)(F)F)ccc3N12. The molecule has 2 aliphatic rings. The van der Waals surface area contributed by atoms with E-state index < -0.39 is 24.5 Å². The first-order valence-corrected chi connectivity index (χ1v) is 10.5. The second-order valence-electron chi connectivity index (χ2n) is 7.84. The van der Waals surface area contributed by atoms with Gasteiger partial charge in [0.15, 0.2) is 6.10 Å². The highest BCUT2D eigenvalue weighted by atomic mass is 19.4. The minimum absolute atomic E-state index is 0.133. The van der Waals surface area contributed by atoms with Gasteiger partial charge in [-0.3, -0.25) is 4.90 Å². The average Bonchev–Trinajstić information content (AvgIpc) is 3.11. The standard InChI is InChI=1S/C23H24F3NO5/c24-23(25,26)21(31-14-15-4-2-1-3-5-15)10-11-30-17-7-9-18-16(12-17)6-8-19-20(13-28)32-22(29)27(18)19/h1-5,7,9,12,19-21,28H,6,8,10-11,13-14H2/t19?,20?,21-/m0/s1. The van der Waals surface area contributed by atoms with Gasteiger partial charge in [0.2, 0.25) is 0 Å². The summed E-state index contributed by atoms with van der Waals surface area (Å²) in [7, 11) is 0. The molecule has 2 heterocycles. The van der Waals surface area contributed by atoms with Crippen LogP contribution < -0.4 is 9.64 Å². The maximum Gasteiger partial charge on any atom is 0.415 e. The molecule has 0 aliphatic carbocycles. The molecule has 0 saturated carbocycles. The normalized spacial score (nSPS) is 21.0. The van der Waals surface area contributed by atoms with E-state index in [0.717, 1.165) is 5.56 Å². The fraction of sp³-hybridized carbons (Fsp3) is 0.435. The second kappa shape index (κ2) is 9.38. The van der Waals surface area contributed by atoms with Gasteiger partial charge in [0, 0.05) is 6.42 Å². The van der Waals surface area contributed by atoms with Gasteiger partial charge in [0.1, 0.15) is 11.9 Å². The smallest absolute Gasteiger partial charge is 0.415 e. The van der Waals surface area contributed by atoms with Crippen LogP contribution in [0.25, 0.3) is 0 Å². The number of carbonyl (C=O) groups is 1. The quantitative estimate of drug-likeness (QED) is 0.651. The summed E-state index contributed by atoms with van der Waals surface area (Å²) in [6.07, 6.45) is -6.57. The molecule has 0 radical (unpaired) electrons. The molecule has 1 N–H and O–H groups in total. The van der Waals surface area contributed by atoms with Gasteiger partial charge in [-0.2, -0.15) is 13.2 Å². The molecule has 2 aromatic rings. The Morgan fingerprint density at radius 1 is 1.19 bits per heavy atom. The molecule has 4 rings (SSSR count). The molecular weight excluding hydrogens is 427 g/mol. The fourth-order valence-electron chi connectivity index (χ4n) is 4.10. The number of aryl methyl sites for hydroxylation is 1. The fourth-order valence-corrected chi connectivity index (χ4v) is 4.10. The van der Waals surface area contributed by atoms with Gasteiger partial charge in [0.25, 0.3) is 0 Å². The first-order chi connectivity index (χ1) is 15.4. The number of nitrogens with zero attached hydrogens (tertiary/aromatic N) is 1. The highest BCUT2D eigenvalue weighted by Crippen LogP contribution is 2.38. The number of benzene rings is 2. The van der Waals surface area contributed by atoms with Gasteiger partial charge in [0.05, 0.1) is 31.5 Å². The van der Waals surface area contributed by atoms with E-state index in [1.54, 1.807) is 48.5 Å². The maximum absolute atomic E-state index is 13.3. The lowest BCUT2D eigenvalue weighted by molar-refractivity contribution is -0.226. The van der Waals surface area contributed by atoms with Crippen molar-refractivity contribution >= 4 is 11.8 Å². The molecule has 1 amide bonds. The molecule has 1 saturated heterocycles. The molecule has 2 aromatic carbocycles. The number of carbonyl (C=O) groups excluding carboxylic acids is 1. The number of amides is 1. The molecule has 9 heteroatoms. The van der Waals surface area contributed by atoms with E-state index in [9.17, 15) is 23.1 Å². The lowest BCUT2D eigenvalue weighted by Gasteiger charge is -2.31. The number of halogens is 3. The zero-order chi connectivity index (χ0) is 22.7. The molecule has 0 aromatic heterocycles. The van der Waals surface area contributed by atoms with Crippen molar-refractivity contribution in [3.8, 4) is 5.75 Å². The number of hydrogen-bond donors (Lipinski definition) is 1. The first-order valence-electron chi connectivity index (χ1n) is 10.5. The first kappa shape index (κ1) is 22.4. The Morgan fingerprint density at radius 3 is 2.69 bits per heavy atom. The number of anilines is 1. The van der Waals surface area contributed by atoms with Crippen molar-refractivity contribution in [2.24, 2.45) is 0 Å². The van der Waals surface area contributed by atoms with Crippen LogP contribution in [0.2, 0.25) is 0 Å². The van der Waals surface area contributed by atoms with Crippen molar-refractivity contribution in [3.63, 3.8) is 0 Å². The van der Waals surface area contributed by atoms with E-state index in [-0.39, 0.29) is 32.3 Å². The van der Waals surface area contributed by atoms with Gasteiger partial charge in [-0.05, 0) is 42.2 Å². The molecule has 6 nitrogen and oxygen atoms in total. The van der Waals surface area contributed by atoms with Crippen molar-refractivity contribution in [3.05, 3.63) is 59.7 Å². The largest absolute Gasteiger partial charge is 0.493 e. The van der Waals surface area contributed by atoms with Crippen molar-refractivity contribution < 1.29 is 37.3 Å². The number of cyclic esters (lactones) is 1. The van der Waals surface area contributed by atoms with Gasteiger partial charge in [-0.25, -0.2) is 4.79 Å². The van der Waals surface area contributed by atoms with Crippen LogP contribution in [0.4, 0.5) is 23.7 Å². The highest BCUT2D eigenvalue weighted by molar-refractivity contribution is 5.92. The summed E-state index contributed by atoms with van der Waals surface area (Å²) < 4.78 is 55.9. The van der Waals surface area contributed by atoms with E-state index in [0.29, 0.717) is 29.8 Å². The molecule has 2 aliphatic heterocycles. The number of rotatable bonds is 8. The van der Waals surface area contributed by atoms with Crippen LogP contribution >= 0.6 is 0 Å². The summed E-state index contributed by atoms with van der Waals surface area (Å²) >= 11 is 0. The van der Waals surface area contributed by atoms with Crippen molar-refractivity contribution in [2.75, 3.05) is 18.1 Å². The second-order valence-corrected chi connectivity index (χ2v) is 7.84. The third kappa shape index (κ3) is 4.83. The molecule has 32 heavy (non-hydrogen) atoms. The van der Waals surface area contributed by atoms with E-state index in [1.807, 2.05) is 0 Å². The van der Waals surface area contributed by atoms with Crippen LogP contribution in [-0.2, 0) is 22.5 Å². The Morgan fingerprint density at radius 2 is 1.97 bits per heavy atom. The predicted molar refractivity (Wildman–Crippen MR) is 110 cm³/mol. The summed E-state index contributed by atoms with van der Waals surface area (Å²) in [6, 6.07) is 13.5. The number of fused-ring (bicyclic) bond motifs is 3. The average molecular weight is 451 g/mol. The van der Waals surface area contributed by atoms with E-state index in [4.69, 9.17) is 14.2 Å². The van der Waals surface area contributed by atoms with E-state index in [1.165, 1.54) is 4.90 Å². The maximum atomic E-state index is 13.3. The number of aliphatic hydroxyl groups is 1. The molecule has 2 unspecified atom stereocenters. The number of ether oxygens (including phenoxy) is 3. The van der Waals surface area contributed by atoms with Crippen molar-refractivity contribution in [1.29, 1.82) is 0 Å². The van der Waals surface area contributed by atoms with E-state index >= 15 is 0 Å². The summed E-state index contributed by atoms with van der Waals surface area (Å²) in [5.74, 6) is 0.428. The highest BCUT2D eigenvalue weighted by Gasteiger charge is 2.45. The molecule has 0 spiro atoms. The lowest BCUT2D eigenvalue weighted by atomic mass is 9.94. The topological polar surface area (TPSA) is 68.2 Å². The molecular formula is C23H24F3NO5. The van der Waals surface area contributed by atoms with Crippen LogP contribution in [0, 0.1) is 0 Å². The lowest BCUT2D eigenvalue weighted by Crippen LogP contribution is -2.41. The van der Waals surface area contributed by atoms with Crippen LogP contribution in [0.15, 0.2) is 48.5 Å². The van der Waals surface area contributed by atoms with Crippen LogP contribution in [-0.4, -0.2) is 48.8 Å². The molecule has 172 valence electrons. The molecule has 0 bridgehead atoms. The minimum atomic E-state index is -4.50. The van der Waals surface area contributed by atoms with Crippen molar-refractivity contribution in [1.82, 2.24) is 0 Å². The summed E-state index contributed by atoms with van der Waals surface area (Å²) in [4.78, 5) is 13.7. The van der Waals surface area contributed by atoms with Crippen LogP contribution in [0.1, 0.15) is 24.0 Å². The van der Waals surface area contributed by atoms with Gasteiger partial charge >= 0.3 is 12.3 Å². The number of alkyl halides is 3. The van der Waals surface area contributed by atoms with Crippen LogP contribution in [0.3, 0.4) is 0 Å². The number of hydrogen-bond acceptors (Lipinski definition) is 5. The minimum Gasteiger partial charge on any atom is -0.493 e. The summed E-state index contributed by atoms with van der Waals surface area (Å²) in [5, 5.41) is 9.40. The van der Waals surface area contributed by atoms with Gasteiger partial charge in [-0.15, -0.1) is 0 Å². The third-order valence-corrected chi connectivity index (χ3v) is 5.72. The van der Waals surface area contributed by atoms with E-state index in [2.05, 4.69) is 0 Å². The Bertz CT molecular complexity index is 937. The Balaban J connectivity index is 1.36. The predicted octanol–water partition coefficient (Wildman–Crippen LogP) is 4.24. The van der Waals surface area contributed by atoms with Gasteiger partial charge < -0.3 is 19.3 Å². The third-order valence-electron chi connectivity index (χ3n) is 5.72. The molecule has 3 atom stereocenters. The number of aliphatic hydroxyl groups excluding tert-OH is 1. The zero-order valence-corrected chi connectivity index (χ0v) is 17.3. The summed E-state index contributed by atoms with van der Waals surface area (Å²) in [5.41, 5.74) is 2.19. The van der Waals surface area contributed by atoms with Crippen LogP contribution in [0.5, 0.6) is 5.75 Å². The Kier molecular flexibility index (Phi) is 6.57. The molecule has 1 fully saturated rings. The Labute approximate surface area is 183 Å². The van der Waals surface area contributed by atoms with Gasteiger partial charge in [-0.1, -0.05) is 30.3 Å². The van der Waals surface area contributed by atoms with Crippen molar-refractivity contribution in [2.45, 2.75) is 50.3 Å². The monoisotopic (exact) mass is 451 g/mol. The summed E-state index contributed by atoms with van der Waals surface area (Å²) in [6.45, 7) is -0.541.